The van der Waals surface area contributed by atoms with E-state index in [4.69, 9.17) is 13.9 Å². The van der Waals surface area contributed by atoms with E-state index >= 15 is 0 Å². The summed E-state index contributed by atoms with van der Waals surface area (Å²) in [7, 11) is 3.22. The van der Waals surface area contributed by atoms with Crippen LogP contribution in [-0.4, -0.2) is 26.7 Å². The normalized spacial score (nSPS) is 11.6. The minimum absolute atomic E-state index is 0.133. The molecule has 152 valence electrons. The van der Waals surface area contributed by atoms with Gasteiger partial charge in [0.05, 0.1) is 14.2 Å². The van der Waals surface area contributed by atoms with E-state index < -0.39 is 0 Å². The molecular weight excluding hydrogens is 434 g/mol. The summed E-state index contributed by atoms with van der Waals surface area (Å²) in [6, 6.07) is 11.6. The van der Waals surface area contributed by atoms with Crippen LogP contribution in [0.1, 0.15) is 23.8 Å². The number of amides is 1. The van der Waals surface area contributed by atoms with Crippen LogP contribution in [0.25, 0.3) is 16.5 Å². The second kappa shape index (κ2) is 9.18. The van der Waals surface area contributed by atoms with E-state index in [0.717, 1.165) is 37.9 Å². The monoisotopic (exact) mass is 457 g/mol. The van der Waals surface area contributed by atoms with E-state index in [1.165, 1.54) is 0 Å². The Kier molecular flexibility index (Phi) is 6.64. The van der Waals surface area contributed by atoms with Crippen molar-refractivity contribution in [1.82, 2.24) is 5.32 Å². The largest absolute Gasteiger partial charge is 0.493 e. The topological polar surface area (TPSA) is 60.7 Å². The van der Waals surface area contributed by atoms with Gasteiger partial charge in [0, 0.05) is 28.0 Å². The Labute approximate surface area is 178 Å². The highest BCUT2D eigenvalue weighted by Crippen LogP contribution is 2.33. The van der Waals surface area contributed by atoms with Crippen molar-refractivity contribution in [2.24, 2.45) is 0 Å². The van der Waals surface area contributed by atoms with Crippen molar-refractivity contribution in [2.45, 2.75) is 20.3 Å². The number of carbonyl (C=O) groups is 1. The maximum absolute atomic E-state index is 12.4. The minimum Gasteiger partial charge on any atom is -0.493 e. The molecule has 3 aromatic rings. The molecule has 0 bridgehead atoms. The molecule has 5 nitrogen and oxygen atoms in total. The minimum atomic E-state index is -0.133. The number of ether oxygens (including phenoxy) is 2. The zero-order valence-electron chi connectivity index (χ0n) is 17.0. The highest BCUT2D eigenvalue weighted by molar-refractivity contribution is 9.10. The molecule has 0 saturated carbocycles. The number of halogens is 1. The molecule has 1 N–H and O–H groups in total. The van der Waals surface area contributed by atoms with Crippen molar-refractivity contribution < 1.29 is 18.7 Å². The summed E-state index contributed by atoms with van der Waals surface area (Å²) in [4.78, 5) is 12.4. The number of fused-ring (bicyclic) bond motifs is 1. The van der Waals surface area contributed by atoms with Crippen LogP contribution in [0.3, 0.4) is 0 Å². The Morgan fingerprint density at radius 2 is 1.90 bits per heavy atom. The average molecular weight is 458 g/mol. The van der Waals surface area contributed by atoms with Crippen LogP contribution in [-0.2, 0) is 11.2 Å². The Morgan fingerprint density at radius 1 is 1.14 bits per heavy atom. The summed E-state index contributed by atoms with van der Waals surface area (Å²) in [5.74, 6) is 2.03. The Hall–Kier alpha value is -2.73. The number of carbonyl (C=O) groups excluding carboxylic acids is 1. The standard InChI is InChI=1S/C23H24BrNO4/c1-14(23-15(2)29-19-8-6-17(24)13-18(19)23)11-22(26)25-10-9-16-5-7-20(27-3)21(12-16)28-4/h5-8,11-13H,9-10H2,1-4H3,(H,25,26). The molecule has 1 heterocycles. The van der Waals surface area contributed by atoms with Crippen LogP contribution < -0.4 is 14.8 Å². The van der Waals surface area contributed by atoms with Gasteiger partial charge in [-0.05, 0) is 61.7 Å². The first-order valence-corrected chi connectivity index (χ1v) is 10.1. The molecule has 1 aromatic heterocycles. The van der Waals surface area contributed by atoms with Gasteiger partial charge in [0.1, 0.15) is 11.3 Å². The lowest BCUT2D eigenvalue weighted by atomic mass is 10.0. The second-order valence-corrected chi connectivity index (χ2v) is 7.65. The zero-order chi connectivity index (χ0) is 21.0. The quantitative estimate of drug-likeness (QED) is 0.490. The van der Waals surface area contributed by atoms with Crippen molar-refractivity contribution in [3.8, 4) is 11.5 Å². The number of furan rings is 1. The molecule has 0 aliphatic carbocycles. The van der Waals surface area contributed by atoms with Gasteiger partial charge in [-0.2, -0.15) is 0 Å². The first-order chi connectivity index (χ1) is 13.9. The summed E-state index contributed by atoms with van der Waals surface area (Å²) >= 11 is 3.49. The molecule has 3 rings (SSSR count). The Morgan fingerprint density at radius 3 is 2.62 bits per heavy atom. The molecule has 0 atom stereocenters. The highest BCUT2D eigenvalue weighted by Gasteiger charge is 2.14. The molecule has 0 aliphatic rings. The predicted octanol–water partition coefficient (Wildman–Crippen LogP) is 5.28. The molecule has 0 saturated heterocycles. The average Bonchev–Trinajstić information content (AvgIpc) is 3.02. The third kappa shape index (κ3) is 4.82. The fraction of sp³-hybridized carbons (Fsp3) is 0.261. The van der Waals surface area contributed by atoms with Crippen LogP contribution >= 0.6 is 15.9 Å². The third-order valence-electron chi connectivity index (χ3n) is 4.73. The molecule has 0 radical (unpaired) electrons. The first kappa shape index (κ1) is 21.0. The van der Waals surface area contributed by atoms with Gasteiger partial charge < -0.3 is 19.2 Å². The summed E-state index contributed by atoms with van der Waals surface area (Å²) < 4.78 is 17.4. The van der Waals surface area contributed by atoms with Crippen molar-refractivity contribution in [2.75, 3.05) is 20.8 Å². The van der Waals surface area contributed by atoms with Crippen LogP contribution in [0.4, 0.5) is 0 Å². The van der Waals surface area contributed by atoms with Crippen molar-refractivity contribution in [3.63, 3.8) is 0 Å². The number of nitrogens with one attached hydrogen (secondary N) is 1. The van der Waals surface area contributed by atoms with Crippen LogP contribution in [0.15, 0.2) is 51.4 Å². The third-order valence-corrected chi connectivity index (χ3v) is 5.22. The van der Waals surface area contributed by atoms with E-state index in [-0.39, 0.29) is 5.91 Å². The smallest absolute Gasteiger partial charge is 0.244 e. The van der Waals surface area contributed by atoms with Gasteiger partial charge in [0.15, 0.2) is 11.5 Å². The van der Waals surface area contributed by atoms with Gasteiger partial charge in [0.2, 0.25) is 5.91 Å². The molecule has 0 spiro atoms. The molecule has 1 amide bonds. The molecule has 0 fully saturated rings. The molecular formula is C23H24BrNO4. The zero-order valence-corrected chi connectivity index (χ0v) is 18.6. The van der Waals surface area contributed by atoms with E-state index in [2.05, 4.69) is 21.2 Å². The van der Waals surface area contributed by atoms with Crippen molar-refractivity contribution in [1.29, 1.82) is 0 Å². The summed E-state index contributed by atoms with van der Waals surface area (Å²) in [6.07, 6.45) is 2.31. The van der Waals surface area contributed by atoms with E-state index in [1.807, 2.05) is 50.2 Å². The van der Waals surface area contributed by atoms with Crippen molar-refractivity contribution in [3.05, 3.63) is 63.8 Å². The lowest BCUT2D eigenvalue weighted by Crippen LogP contribution is -2.23. The summed E-state index contributed by atoms with van der Waals surface area (Å²) in [6.45, 7) is 4.36. The maximum Gasteiger partial charge on any atom is 0.244 e. The first-order valence-electron chi connectivity index (χ1n) is 9.29. The number of benzene rings is 2. The van der Waals surface area contributed by atoms with Gasteiger partial charge in [-0.15, -0.1) is 0 Å². The number of aryl methyl sites for hydroxylation is 1. The molecule has 6 heteroatoms. The highest BCUT2D eigenvalue weighted by atomic mass is 79.9. The van der Waals surface area contributed by atoms with Crippen molar-refractivity contribution >= 4 is 38.4 Å². The van der Waals surface area contributed by atoms with Gasteiger partial charge in [0.25, 0.3) is 0 Å². The Bertz CT molecular complexity index is 1070. The second-order valence-electron chi connectivity index (χ2n) is 6.73. The molecule has 0 unspecified atom stereocenters. The number of rotatable bonds is 7. The van der Waals surface area contributed by atoms with E-state index in [9.17, 15) is 4.79 Å². The number of methoxy groups -OCH3 is 2. The van der Waals surface area contributed by atoms with Gasteiger partial charge in [-0.3, -0.25) is 4.79 Å². The lowest BCUT2D eigenvalue weighted by Gasteiger charge is -2.10. The SMILES string of the molecule is COc1ccc(CCNC(=O)C=C(C)c2c(C)oc3ccc(Br)cc23)cc1OC. The van der Waals surface area contributed by atoms with Crippen LogP contribution in [0, 0.1) is 6.92 Å². The lowest BCUT2D eigenvalue weighted by molar-refractivity contribution is -0.116. The predicted molar refractivity (Wildman–Crippen MR) is 119 cm³/mol. The Balaban J connectivity index is 1.67. The van der Waals surface area contributed by atoms with Gasteiger partial charge in [-0.1, -0.05) is 22.0 Å². The number of hydrogen-bond acceptors (Lipinski definition) is 4. The molecule has 0 aliphatic heterocycles. The number of hydrogen-bond donors (Lipinski definition) is 1. The molecule has 2 aromatic carbocycles. The van der Waals surface area contributed by atoms with E-state index in [1.54, 1.807) is 20.3 Å². The molecule has 29 heavy (non-hydrogen) atoms. The number of allylic oxidation sites excluding steroid dienone is 1. The summed E-state index contributed by atoms with van der Waals surface area (Å²) in [5, 5.41) is 3.93. The van der Waals surface area contributed by atoms with E-state index in [0.29, 0.717) is 24.5 Å². The van der Waals surface area contributed by atoms with Crippen LogP contribution in [0.5, 0.6) is 11.5 Å². The fourth-order valence-corrected chi connectivity index (χ4v) is 3.73. The summed E-state index contributed by atoms with van der Waals surface area (Å²) in [5.41, 5.74) is 3.69. The van der Waals surface area contributed by atoms with Gasteiger partial charge in [-0.25, -0.2) is 0 Å². The fourth-order valence-electron chi connectivity index (χ4n) is 3.37. The maximum atomic E-state index is 12.4. The van der Waals surface area contributed by atoms with Gasteiger partial charge >= 0.3 is 0 Å². The van der Waals surface area contributed by atoms with Crippen LogP contribution in [0.2, 0.25) is 0 Å².